The number of rotatable bonds is 4. The number of thioether (sulfide) groups is 1. The van der Waals surface area contributed by atoms with Crippen LogP contribution < -0.4 is 4.74 Å². The standard InChI is InChI=1S/C13H18OS/c1-15-9-8-14-13-7-6-11-4-2-3-5-12(11)10-13/h6-7,10H,2-5,8-9H2,1H3. The summed E-state index contributed by atoms with van der Waals surface area (Å²) in [6.07, 6.45) is 7.27. The molecule has 0 radical (unpaired) electrons. The van der Waals surface area contributed by atoms with Gasteiger partial charge in [0.25, 0.3) is 0 Å². The molecular formula is C13H18OS. The zero-order valence-corrected chi connectivity index (χ0v) is 10.1. The minimum absolute atomic E-state index is 0.819. The predicted molar refractivity (Wildman–Crippen MR) is 67.0 cm³/mol. The average Bonchev–Trinajstić information content (AvgIpc) is 2.29. The van der Waals surface area contributed by atoms with Gasteiger partial charge in [0.05, 0.1) is 6.61 Å². The van der Waals surface area contributed by atoms with Crippen LogP contribution in [-0.4, -0.2) is 18.6 Å². The Labute approximate surface area is 96.2 Å². The molecule has 0 unspecified atom stereocenters. The summed E-state index contributed by atoms with van der Waals surface area (Å²) in [7, 11) is 0. The van der Waals surface area contributed by atoms with Crippen molar-refractivity contribution in [2.75, 3.05) is 18.6 Å². The summed E-state index contributed by atoms with van der Waals surface area (Å²) in [6, 6.07) is 6.59. The summed E-state index contributed by atoms with van der Waals surface area (Å²) in [5.41, 5.74) is 3.03. The number of ether oxygens (including phenoxy) is 1. The van der Waals surface area contributed by atoms with E-state index in [1.165, 1.54) is 36.8 Å². The van der Waals surface area contributed by atoms with Crippen molar-refractivity contribution >= 4 is 11.8 Å². The quantitative estimate of drug-likeness (QED) is 0.723. The molecule has 2 heteroatoms. The van der Waals surface area contributed by atoms with Crippen LogP contribution in [0.4, 0.5) is 0 Å². The van der Waals surface area contributed by atoms with E-state index in [0.29, 0.717) is 0 Å². The van der Waals surface area contributed by atoms with Gasteiger partial charge >= 0.3 is 0 Å². The van der Waals surface area contributed by atoms with Crippen LogP contribution in [0.5, 0.6) is 5.75 Å². The van der Waals surface area contributed by atoms with Gasteiger partial charge in [-0.3, -0.25) is 0 Å². The number of aryl methyl sites for hydroxylation is 2. The molecule has 0 amide bonds. The van der Waals surface area contributed by atoms with E-state index in [1.807, 2.05) is 11.8 Å². The van der Waals surface area contributed by atoms with E-state index in [-0.39, 0.29) is 0 Å². The van der Waals surface area contributed by atoms with Crippen LogP contribution in [-0.2, 0) is 12.8 Å². The molecule has 0 heterocycles. The molecule has 0 bridgehead atoms. The van der Waals surface area contributed by atoms with Crippen molar-refractivity contribution in [2.24, 2.45) is 0 Å². The van der Waals surface area contributed by atoms with Crippen molar-refractivity contribution in [1.29, 1.82) is 0 Å². The summed E-state index contributed by atoms with van der Waals surface area (Å²) >= 11 is 1.82. The summed E-state index contributed by atoms with van der Waals surface area (Å²) in [5.74, 6) is 2.11. The van der Waals surface area contributed by atoms with E-state index in [4.69, 9.17) is 4.74 Å². The highest BCUT2D eigenvalue weighted by Gasteiger charge is 2.09. The lowest BCUT2D eigenvalue weighted by Gasteiger charge is -2.16. The lowest BCUT2D eigenvalue weighted by molar-refractivity contribution is 0.343. The van der Waals surface area contributed by atoms with Gasteiger partial charge in [0, 0.05) is 5.75 Å². The molecule has 0 fully saturated rings. The van der Waals surface area contributed by atoms with E-state index in [0.717, 1.165) is 18.1 Å². The van der Waals surface area contributed by atoms with E-state index in [2.05, 4.69) is 24.5 Å². The molecule has 15 heavy (non-hydrogen) atoms. The van der Waals surface area contributed by atoms with Crippen LogP contribution in [0.25, 0.3) is 0 Å². The summed E-state index contributed by atoms with van der Waals surface area (Å²) in [6.45, 7) is 0.819. The number of benzene rings is 1. The third-order valence-electron chi connectivity index (χ3n) is 2.88. The fraction of sp³-hybridized carbons (Fsp3) is 0.538. The summed E-state index contributed by atoms with van der Waals surface area (Å²) in [5, 5.41) is 0. The van der Waals surface area contributed by atoms with Gasteiger partial charge < -0.3 is 4.74 Å². The Kier molecular flexibility index (Phi) is 3.95. The number of hydrogen-bond acceptors (Lipinski definition) is 2. The Morgan fingerprint density at radius 3 is 2.80 bits per heavy atom. The predicted octanol–water partition coefficient (Wildman–Crippen LogP) is 3.31. The van der Waals surface area contributed by atoms with Gasteiger partial charge in [-0.15, -0.1) is 0 Å². The molecule has 2 rings (SSSR count). The molecule has 1 aliphatic carbocycles. The van der Waals surface area contributed by atoms with Crippen molar-refractivity contribution in [1.82, 2.24) is 0 Å². The van der Waals surface area contributed by atoms with Crippen LogP contribution in [0.1, 0.15) is 24.0 Å². The second-order valence-electron chi connectivity index (χ2n) is 3.98. The van der Waals surface area contributed by atoms with Crippen molar-refractivity contribution in [2.45, 2.75) is 25.7 Å². The summed E-state index contributed by atoms with van der Waals surface area (Å²) in [4.78, 5) is 0. The van der Waals surface area contributed by atoms with Crippen molar-refractivity contribution in [3.63, 3.8) is 0 Å². The summed E-state index contributed by atoms with van der Waals surface area (Å²) < 4.78 is 5.69. The highest BCUT2D eigenvalue weighted by atomic mass is 32.2. The molecule has 0 spiro atoms. The molecule has 0 N–H and O–H groups in total. The molecule has 0 saturated heterocycles. The fourth-order valence-corrected chi connectivity index (χ4v) is 2.29. The molecule has 0 atom stereocenters. The largest absolute Gasteiger partial charge is 0.493 e. The Bertz CT molecular complexity index is 322. The third kappa shape index (κ3) is 2.91. The molecule has 1 aromatic carbocycles. The fourth-order valence-electron chi connectivity index (χ4n) is 2.04. The second-order valence-corrected chi connectivity index (χ2v) is 4.96. The SMILES string of the molecule is CSCCOc1ccc2c(c1)CCCC2. The molecule has 1 nitrogen and oxygen atoms in total. The van der Waals surface area contributed by atoms with Gasteiger partial charge in [0.1, 0.15) is 5.75 Å². The van der Waals surface area contributed by atoms with Gasteiger partial charge in [-0.25, -0.2) is 0 Å². The first-order valence-electron chi connectivity index (χ1n) is 5.63. The van der Waals surface area contributed by atoms with Crippen LogP contribution in [0.3, 0.4) is 0 Å². The van der Waals surface area contributed by atoms with Gasteiger partial charge in [0.2, 0.25) is 0 Å². The van der Waals surface area contributed by atoms with Crippen molar-refractivity contribution in [3.05, 3.63) is 29.3 Å². The lowest BCUT2D eigenvalue weighted by Crippen LogP contribution is -2.04. The Morgan fingerprint density at radius 1 is 1.20 bits per heavy atom. The van der Waals surface area contributed by atoms with Gasteiger partial charge in [-0.05, 0) is 55.2 Å². The van der Waals surface area contributed by atoms with Gasteiger partial charge in [-0.2, -0.15) is 11.8 Å². The zero-order valence-electron chi connectivity index (χ0n) is 9.29. The lowest BCUT2D eigenvalue weighted by atomic mass is 9.92. The monoisotopic (exact) mass is 222 g/mol. The number of hydrogen-bond donors (Lipinski definition) is 0. The van der Waals surface area contributed by atoms with Crippen LogP contribution in [0.15, 0.2) is 18.2 Å². The van der Waals surface area contributed by atoms with Gasteiger partial charge in [-0.1, -0.05) is 6.07 Å². The second kappa shape index (κ2) is 5.45. The molecule has 1 aromatic rings. The maximum atomic E-state index is 5.69. The Morgan fingerprint density at radius 2 is 2.00 bits per heavy atom. The van der Waals surface area contributed by atoms with Crippen molar-refractivity contribution < 1.29 is 4.74 Å². The molecule has 82 valence electrons. The molecular weight excluding hydrogens is 204 g/mol. The highest BCUT2D eigenvalue weighted by molar-refractivity contribution is 7.98. The maximum absolute atomic E-state index is 5.69. The van der Waals surface area contributed by atoms with Crippen LogP contribution in [0, 0.1) is 0 Å². The van der Waals surface area contributed by atoms with E-state index in [1.54, 1.807) is 0 Å². The van der Waals surface area contributed by atoms with E-state index in [9.17, 15) is 0 Å². The molecule has 0 aliphatic heterocycles. The first kappa shape index (κ1) is 10.9. The van der Waals surface area contributed by atoms with E-state index >= 15 is 0 Å². The van der Waals surface area contributed by atoms with Crippen LogP contribution in [0.2, 0.25) is 0 Å². The third-order valence-corrected chi connectivity index (χ3v) is 3.45. The zero-order chi connectivity index (χ0) is 10.5. The normalized spacial score (nSPS) is 14.7. The Hall–Kier alpha value is -0.630. The highest BCUT2D eigenvalue weighted by Crippen LogP contribution is 2.25. The topological polar surface area (TPSA) is 9.23 Å². The molecule has 1 aliphatic rings. The van der Waals surface area contributed by atoms with Gasteiger partial charge in [0.15, 0.2) is 0 Å². The first-order valence-corrected chi connectivity index (χ1v) is 7.03. The number of fused-ring (bicyclic) bond motifs is 1. The first-order chi connectivity index (χ1) is 7.40. The minimum Gasteiger partial charge on any atom is -0.493 e. The maximum Gasteiger partial charge on any atom is 0.119 e. The van der Waals surface area contributed by atoms with E-state index < -0.39 is 0 Å². The minimum atomic E-state index is 0.819. The molecule has 0 saturated carbocycles. The molecule has 0 aromatic heterocycles. The smallest absolute Gasteiger partial charge is 0.119 e. The van der Waals surface area contributed by atoms with Crippen LogP contribution >= 0.6 is 11.8 Å². The van der Waals surface area contributed by atoms with Crippen molar-refractivity contribution in [3.8, 4) is 5.75 Å². The Balaban J connectivity index is 2.00. The average molecular weight is 222 g/mol.